The van der Waals surface area contributed by atoms with E-state index in [-0.39, 0.29) is 11.8 Å². The summed E-state index contributed by atoms with van der Waals surface area (Å²) in [5.41, 5.74) is 2.44. The normalized spacial score (nSPS) is 17.4. The van der Waals surface area contributed by atoms with Crippen molar-refractivity contribution in [3.05, 3.63) is 65.2 Å². The van der Waals surface area contributed by atoms with Crippen molar-refractivity contribution >= 4 is 22.8 Å². The Hall–Kier alpha value is -3.22. The Morgan fingerprint density at radius 3 is 2.92 bits per heavy atom. The molecule has 1 aromatic heterocycles. The molecule has 3 aromatic rings. The van der Waals surface area contributed by atoms with Crippen LogP contribution in [0.1, 0.15) is 27.8 Å². The number of aromatic nitrogens is 2. The molecule has 6 nitrogen and oxygen atoms in total. The summed E-state index contributed by atoms with van der Waals surface area (Å²) in [5, 5.41) is 2.75. The molecule has 132 valence electrons. The number of amides is 2. The van der Waals surface area contributed by atoms with Crippen LogP contribution in [0.2, 0.25) is 0 Å². The molecule has 0 bridgehead atoms. The van der Waals surface area contributed by atoms with Gasteiger partial charge in [-0.15, -0.1) is 0 Å². The van der Waals surface area contributed by atoms with Crippen LogP contribution in [0.5, 0.6) is 0 Å². The molecule has 26 heavy (non-hydrogen) atoms. The van der Waals surface area contributed by atoms with E-state index in [1.165, 1.54) is 23.1 Å². The summed E-state index contributed by atoms with van der Waals surface area (Å²) >= 11 is 0. The van der Waals surface area contributed by atoms with Gasteiger partial charge >= 0.3 is 0 Å². The molecule has 0 radical (unpaired) electrons. The zero-order valence-corrected chi connectivity index (χ0v) is 14.1. The number of rotatable bonds is 2. The topological polar surface area (TPSA) is 78.1 Å². The molecule has 2 amide bonds. The lowest BCUT2D eigenvalue weighted by molar-refractivity contribution is -0.128. The number of carbonyl (C=O) groups excluding carboxylic acids is 2. The van der Waals surface area contributed by atoms with Crippen LogP contribution in [0.25, 0.3) is 11.0 Å². The van der Waals surface area contributed by atoms with Crippen LogP contribution in [0.3, 0.4) is 0 Å². The average Bonchev–Trinajstić information content (AvgIpc) is 3.00. The molecular weight excluding hydrogens is 335 g/mol. The van der Waals surface area contributed by atoms with Crippen molar-refractivity contribution in [2.45, 2.75) is 13.0 Å². The van der Waals surface area contributed by atoms with Crippen LogP contribution in [0.15, 0.2) is 42.5 Å². The van der Waals surface area contributed by atoms with Crippen molar-refractivity contribution in [3.8, 4) is 0 Å². The molecule has 1 unspecified atom stereocenters. The Bertz CT molecular complexity index is 1010. The van der Waals surface area contributed by atoms with E-state index >= 15 is 0 Å². The van der Waals surface area contributed by atoms with Crippen molar-refractivity contribution < 1.29 is 14.0 Å². The zero-order chi connectivity index (χ0) is 18.3. The summed E-state index contributed by atoms with van der Waals surface area (Å²) in [6.45, 7) is 2.56. The van der Waals surface area contributed by atoms with Crippen molar-refractivity contribution in [1.82, 2.24) is 20.2 Å². The Labute approximate surface area is 149 Å². The van der Waals surface area contributed by atoms with Crippen molar-refractivity contribution in [2.75, 3.05) is 13.1 Å². The lowest BCUT2D eigenvalue weighted by Gasteiger charge is -2.35. The van der Waals surface area contributed by atoms with Crippen LogP contribution < -0.4 is 5.32 Å². The van der Waals surface area contributed by atoms with Crippen molar-refractivity contribution in [3.63, 3.8) is 0 Å². The van der Waals surface area contributed by atoms with E-state index in [2.05, 4.69) is 15.3 Å². The first-order chi connectivity index (χ1) is 12.5. The van der Waals surface area contributed by atoms with E-state index < -0.39 is 11.9 Å². The minimum atomic E-state index is -0.855. The van der Waals surface area contributed by atoms with Gasteiger partial charge in [-0.1, -0.05) is 12.1 Å². The number of piperazine rings is 1. The highest BCUT2D eigenvalue weighted by atomic mass is 19.1. The minimum Gasteiger partial charge on any atom is -0.352 e. The molecule has 4 rings (SSSR count). The summed E-state index contributed by atoms with van der Waals surface area (Å²) in [5.74, 6) is -0.265. The standard InChI is InChI=1S/C19H17FN4O2/c1-11-22-15-6-5-13(10-16(15)23-11)19(26)24-8-7-21-18(25)17(24)12-3-2-4-14(20)9-12/h2-6,9-10,17H,7-8H2,1H3,(H,21,25)(H,22,23). The molecule has 1 saturated heterocycles. The highest BCUT2D eigenvalue weighted by Crippen LogP contribution is 2.26. The van der Waals surface area contributed by atoms with Gasteiger partial charge in [0.15, 0.2) is 0 Å². The fourth-order valence-corrected chi connectivity index (χ4v) is 3.33. The molecule has 0 spiro atoms. The summed E-state index contributed by atoms with van der Waals surface area (Å²) < 4.78 is 13.6. The van der Waals surface area contributed by atoms with Gasteiger partial charge in [0.05, 0.1) is 11.0 Å². The zero-order valence-electron chi connectivity index (χ0n) is 14.1. The van der Waals surface area contributed by atoms with Crippen molar-refractivity contribution in [2.24, 2.45) is 0 Å². The lowest BCUT2D eigenvalue weighted by atomic mass is 10.0. The van der Waals surface area contributed by atoms with Crippen LogP contribution >= 0.6 is 0 Å². The first-order valence-corrected chi connectivity index (χ1v) is 8.33. The number of nitrogens with one attached hydrogen (secondary N) is 2. The van der Waals surface area contributed by atoms with Crippen molar-refractivity contribution in [1.29, 1.82) is 0 Å². The van der Waals surface area contributed by atoms with E-state index in [1.807, 2.05) is 6.92 Å². The van der Waals surface area contributed by atoms with Gasteiger partial charge in [0, 0.05) is 18.7 Å². The number of hydrogen-bond acceptors (Lipinski definition) is 3. The number of imidazole rings is 1. The number of benzene rings is 2. The largest absolute Gasteiger partial charge is 0.352 e. The van der Waals surface area contributed by atoms with Crippen LogP contribution in [-0.2, 0) is 4.79 Å². The number of H-pyrrole nitrogens is 1. The Morgan fingerprint density at radius 1 is 1.27 bits per heavy atom. The molecule has 1 aliphatic heterocycles. The maximum Gasteiger partial charge on any atom is 0.254 e. The van der Waals surface area contributed by atoms with Gasteiger partial charge in [0.2, 0.25) is 5.91 Å². The van der Waals surface area contributed by atoms with Gasteiger partial charge in [-0.2, -0.15) is 0 Å². The van der Waals surface area contributed by atoms with E-state index in [0.717, 1.165) is 16.9 Å². The van der Waals surface area contributed by atoms with Gasteiger partial charge in [-0.3, -0.25) is 9.59 Å². The Morgan fingerprint density at radius 2 is 2.12 bits per heavy atom. The van der Waals surface area contributed by atoms with Gasteiger partial charge < -0.3 is 15.2 Å². The molecule has 1 aliphatic rings. The first-order valence-electron chi connectivity index (χ1n) is 8.33. The van der Waals surface area contributed by atoms with E-state index in [9.17, 15) is 14.0 Å². The number of hydrogen-bond donors (Lipinski definition) is 2. The van der Waals surface area contributed by atoms with E-state index in [4.69, 9.17) is 0 Å². The molecule has 2 N–H and O–H groups in total. The predicted molar refractivity (Wildman–Crippen MR) is 94.0 cm³/mol. The van der Waals surface area contributed by atoms with Gasteiger partial charge in [0.25, 0.3) is 5.91 Å². The van der Waals surface area contributed by atoms with Gasteiger partial charge in [-0.05, 0) is 42.8 Å². The summed E-state index contributed by atoms with van der Waals surface area (Å²) in [6, 6.07) is 10.1. The number of halogens is 1. The Kier molecular flexibility index (Phi) is 3.91. The molecule has 7 heteroatoms. The molecule has 2 aromatic carbocycles. The summed E-state index contributed by atoms with van der Waals surface area (Å²) in [4.78, 5) is 34.4. The van der Waals surface area contributed by atoms with Crippen LogP contribution in [0.4, 0.5) is 4.39 Å². The second kappa shape index (κ2) is 6.25. The van der Waals surface area contributed by atoms with Gasteiger partial charge in [0.1, 0.15) is 17.7 Å². The fourth-order valence-electron chi connectivity index (χ4n) is 3.33. The molecular formula is C19H17FN4O2. The van der Waals surface area contributed by atoms with E-state index in [0.29, 0.717) is 24.2 Å². The Balaban J connectivity index is 1.72. The minimum absolute atomic E-state index is 0.275. The third-order valence-corrected chi connectivity index (χ3v) is 4.48. The smallest absolute Gasteiger partial charge is 0.254 e. The number of fused-ring (bicyclic) bond motifs is 1. The molecule has 0 saturated carbocycles. The highest BCUT2D eigenvalue weighted by Gasteiger charge is 2.35. The SMILES string of the molecule is Cc1nc2ccc(C(=O)N3CCNC(=O)C3c3cccc(F)c3)cc2[nH]1. The number of carbonyl (C=O) groups is 2. The average molecular weight is 352 g/mol. The number of nitrogens with zero attached hydrogens (tertiary/aromatic N) is 2. The predicted octanol–water partition coefficient (Wildman–Crippen LogP) is 2.32. The third kappa shape index (κ3) is 2.81. The molecule has 1 fully saturated rings. The maximum atomic E-state index is 13.6. The van der Waals surface area contributed by atoms with Crippen LogP contribution in [-0.4, -0.2) is 39.8 Å². The second-order valence-corrected chi connectivity index (χ2v) is 6.30. The monoisotopic (exact) mass is 352 g/mol. The second-order valence-electron chi connectivity index (χ2n) is 6.30. The summed E-state index contributed by atoms with van der Waals surface area (Å²) in [6.07, 6.45) is 0. The summed E-state index contributed by atoms with van der Waals surface area (Å²) in [7, 11) is 0. The quantitative estimate of drug-likeness (QED) is 0.743. The van der Waals surface area contributed by atoms with E-state index in [1.54, 1.807) is 24.3 Å². The third-order valence-electron chi connectivity index (χ3n) is 4.48. The molecule has 0 aliphatic carbocycles. The number of aryl methyl sites for hydroxylation is 1. The highest BCUT2D eigenvalue weighted by molar-refractivity contribution is 6.00. The van der Waals surface area contributed by atoms with Crippen LogP contribution in [0, 0.1) is 12.7 Å². The maximum absolute atomic E-state index is 13.6. The molecule has 2 heterocycles. The van der Waals surface area contributed by atoms with Gasteiger partial charge in [-0.25, -0.2) is 9.37 Å². The lowest BCUT2D eigenvalue weighted by Crippen LogP contribution is -2.52. The number of aromatic amines is 1. The molecule has 1 atom stereocenters. The fraction of sp³-hybridized carbons (Fsp3) is 0.211. The first kappa shape index (κ1) is 16.3.